The van der Waals surface area contributed by atoms with Crippen LogP contribution in [0.5, 0.6) is 0 Å². The van der Waals surface area contributed by atoms with Crippen molar-refractivity contribution < 1.29 is 9.18 Å². The largest absolute Gasteiger partial charge is 0.323 e. The summed E-state index contributed by atoms with van der Waals surface area (Å²) in [6.45, 7) is 0.780. The monoisotopic (exact) mass is 312 g/mol. The molecule has 0 aliphatic heterocycles. The molecule has 0 bridgehead atoms. The highest BCUT2D eigenvalue weighted by atomic mass is 19.1. The van der Waals surface area contributed by atoms with Gasteiger partial charge in [0.05, 0.1) is 12.5 Å². The van der Waals surface area contributed by atoms with Crippen molar-refractivity contribution in [3.8, 4) is 6.07 Å². The fourth-order valence-corrected chi connectivity index (χ4v) is 2.03. The van der Waals surface area contributed by atoms with Crippen LogP contribution in [0.15, 0.2) is 48.7 Å². The molecule has 0 atom stereocenters. The number of benzene rings is 1. The number of nitrogens with zero attached hydrogens (tertiary/aromatic N) is 3. The van der Waals surface area contributed by atoms with E-state index in [1.807, 2.05) is 24.3 Å². The average molecular weight is 312 g/mol. The number of nitriles is 1. The Labute approximate surface area is 134 Å². The Kier molecular flexibility index (Phi) is 6.07. The van der Waals surface area contributed by atoms with Crippen LogP contribution in [0.25, 0.3) is 0 Å². The molecule has 2 rings (SSSR count). The number of urea groups is 1. The van der Waals surface area contributed by atoms with Crippen molar-refractivity contribution in [2.75, 3.05) is 18.4 Å². The van der Waals surface area contributed by atoms with Crippen molar-refractivity contribution in [3.63, 3.8) is 0 Å². The van der Waals surface area contributed by atoms with Gasteiger partial charge in [-0.05, 0) is 36.4 Å². The van der Waals surface area contributed by atoms with Gasteiger partial charge < -0.3 is 10.2 Å². The molecule has 0 unspecified atom stereocenters. The standard InChI is InChI=1S/C17H17FN4O/c18-14-5-7-16(8-6-14)21-17(23)22(12-3-10-19)13-9-15-4-1-2-11-20-15/h1-2,4-8,11H,3,9,12-13H2,(H,21,23). The van der Waals surface area contributed by atoms with Gasteiger partial charge in [0.15, 0.2) is 0 Å². The highest BCUT2D eigenvalue weighted by Gasteiger charge is 2.13. The van der Waals surface area contributed by atoms with E-state index in [9.17, 15) is 9.18 Å². The zero-order valence-corrected chi connectivity index (χ0v) is 12.6. The summed E-state index contributed by atoms with van der Waals surface area (Å²) in [7, 11) is 0. The molecule has 118 valence electrons. The van der Waals surface area contributed by atoms with Gasteiger partial charge in [0.2, 0.25) is 0 Å². The van der Waals surface area contributed by atoms with Gasteiger partial charge in [-0.1, -0.05) is 6.07 Å². The van der Waals surface area contributed by atoms with E-state index >= 15 is 0 Å². The molecule has 1 heterocycles. The summed E-state index contributed by atoms with van der Waals surface area (Å²) in [5.41, 5.74) is 1.39. The molecular formula is C17H17FN4O. The minimum Gasteiger partial charge on any atom is -0.323 e. The first kappa shape index (κ1) is 16.4. The van der Waals surface area contributed by atoms with Crippen molar-refractivity contribution in [1.82, 2.24) is 9.88 Å². The molecule has 1 N–H and O–H groups in total. The maximum Gasteiger partial charge on any atom is 0.321 e. The van der Waals surface area contributed by atoms with Crippen molar-refractivity contribution in [3.05, 3.63) is 60.2 Å². The van der Waals surface area contributed by atoms with Crippen LogP contribution in [0.1, 0.15) is 12.1 Å². The van der Waals surface area contributed by atoms with Crippen LogP contribution in [0.2, 0.25) is 0 Å². The lowest BCUT2D eigenvalue weighted by molar-refractivity contribution is 0.213. The van der Waals surface area contributed by atoms with Crippen molar-refractivity contribution in [1.29, 1.82) is 5.26 Å². The second-order valence-electron chi connectivity index (χ2n) is 4.90. The third-order valence-corrected chi connectivity index (χ3v) is 3.24. The molecule has 2 aromatic rings. The Balaban J connectivity index is 1.97. The number of hydrogen-bond donors (Lipinski definition) is 1. The van der Waals surface area contributed by atoms with Gasteiger partial charge in [0.1, 0.15) is 5.82 Å². The van der Waals surface area contributed by atoms with Crippen LogP contribution in [-0.2, 0) is 6.42 Å². The summed E-state index contributed by atoms with van der Waals surface area (Å²) < 4.78 is 12.9. The van der Waals surface area contributed by atoms with Gasteiger partial charge in [-0.15, -0.1) is 0 Å². The van der Waals surface area contributed by atoms with Gasteiger partial charge in [-0.25, -0.2) is 9.18 Å². The lowest BCUT2D eigenvalue weighted by Crippen LogP contribution is -2.37. The first-order chi connectivity index (χ1) is 11.2. The van der Waals surface area contributed by atoms with Crippen molar-refractivity contribution in [2.24, 2.45) is 0 Å². The number of pyridine rings is 1. The number of nitrogens with one attached hydrogen (secondary N) is 1. The quantitative estimate of drug-likeness (QED) is 0.890. The third kappa shape index (κ3) is 5.40. The van der Waals surface area contributed by atoms with E-state index < -0.39 is 0 Å². The Morgan fingerprint density at radius 1 is 1.22 bits per heavy atom. The molecule has 0 saturated carbocycles. The highest BCUT2D eigenvalue weighted by Crippen LogP contribution is 2.10. The molecule has 5 nitrogen and oxygen atoms in total. The van der Waals surface area contributed by atoms with Crippen LogP contribution < -0.4 is 5.32 Å². The van der Waals surface area contributed by atoms with E-state index in [4.69, 9.17) is 5.26 Å². The summed E-state index contributed by atoms with van der Waals surface area (Å²) in [6, 6.07) is 12.9. The summed E-state index contributed by atoms with van der Waals surface area (Å²) >= 11 is 0. The predicted molar refractivity (Wildman–Crippen MR) is 85.2 cm³/mol. The first-order valence-corrected chi connectivity index (χ1v) is 7.27. The molecular weight excluding hydrogens is 295 g/mol. The van der Waals surface area contributed by atoms with Gasteiger partial charge in [-0.3, -0.25) is 4.98 Å². The average Bonchev–Trinajstić information content (AvgIpc) is 2.58. The lowest BCUT2D eigenvalue weighted by atomic mass is 10.2. The molecule has 0 aliphatic rings. The SMILES string of the molecule is N#CCCN(CCc1ccccn1)C(=O)Nc1ccc(F)cc1. The number of aromatic nitrogens is 1. The Hall–Kier alpha value is -2.94. The van der Waals surface area contributed by atoms with Crippen molar-refractivity contribution in [2.45, 2.75) is 12.8 Å². The lowest BCUT2D eigenvalue weighted by Gasteiger charge is -2.22. The number of halogens is 1. The summed E-state index contributed by atoms with van der Waals surface area (Å²) in [6.07, 6.45) is 2.55. The molecule has 0 fully saturated rings. The Bertz CT molecular complexity index is 667. The summed E-state index contributed by atoms with van der Waals surface area (Å²) in [5.74, 6) is -0.362. The van der Waals surface area contributed by atoms with Crippen LogP contribution in [-0.4, -0.2) is 29.0 Å². The van der Waals surface area contributed by atoms with E-state index in [1.54, 1.807) is 11.1 Å². The van der Waals surface area contributed by atoms with Crippen molar-refractivity contribution >= 4 is 11.7 Å². The normalized spacial score (nSPS) is 9.91. The van der Waals surface area contributed by atoms with Gasteiger partial charge in [-0.2, -0.15) is 5.26 Å². The highest BCUT2D eigenvalue weighted by molar-refractivity contribution is 5.89. The molecule has 0 radical (unpaired) electrons. The van der Waals surface area contributed by atoms with Gasteiger partial charge in [0, 0.05) is 37.1 Å². The van der Waals surface area contributed by atoms with E-state index in [0.717, 1.165) is 5.69 Å². The molecule has 2 amide bonds. The van der Waals surface area contributed by atoms with Gasteiger partial charge >= 0.3 is 6.03 Å². The first-order valence-electron chi connectivity index (χ1n) is 7.27. The summed E-state index contributed by atoms with van der Waals surface area (Å²) in [5, 5.41) is 11.4. The zero-order valence-electron chi connectivity index (χ0n) is 12.6. The molecule has 0 aliphatic carbocycles. The van der Waals surface area contributed by atoms with Crippen LogP contribution >= 0.6 is 0 Å². The number of rotatable bonds is 6. The summed E-state index contributed by atoms with van der Waals surface area (Å²) in [4.78, 5) is 18.1. The second kappa shape index (κ2) is 8.49. The number of amides is 2. The third-order valence-electron chi connectivity index (χ3n) is 3.24. The molecule has 0 saturated heterocycles. The fourth-order valence-electron chi connectivity index (χ4n) is 2.03. The van der Waals surface area contributed by atoms with Crippen LogP contribution in [0, 0.1) is 17.1 Å². The fraction of sp³-hybridized carbons (Fsp3) is 0.235. The maximum atomic E-state index is 12.9. The smallest absolute Gasteiger partial charge is 0.321 e. The zero-order chi connectivity index (χ0) is 16.5. The van der Waals surface area contributed by atoms with Crippen LogP contribution in [0.4, 0.5) is 14.9 Å². The van der Waals surface area contributed by atoms with E-state index in [0.29, 0.717) is 25.2 Å². The minimum atomic E-state index is -0.362. The second-order valence-corrected chi connectivity index (χ2v) is 4.90. The predicted octanol–water partition coefficient (Wildman–Crippen LogP) is 3.21. The molecule has 1 aromatic carbocycles. The number of carbonyl (C=O) groups excluding carboxylic acids is 1. The Morgan fingerprint density at radius 2 is 2.00 bits per heavy atom. The van der Waals surface area contributed by atoms with E-state index in [-0.39, 0.29) is 18.3 Å². The van der Waals surface area contributed by atoms with E-state index in [2.05, 4.69) is 10.3 Å². The topological polar surface area (TPSA) is 69.0 Å². The van der Waals surface area contributed by atoms with E-state index in [1.165, 1.54) is 24.3 Å². The minimum absolute atomic E-state index is 0.249. The number of hydrogen-bond acceptors (Lipinski definition) is 3. The Morgan fingerprint density at radius 3 is 2.65 bits per heavy atom. The molecule has 6 heteroatoms. The molecule has 23 heavy (non-hydrogen) atoms. The van der Waals surface area contributed by atoms with Gasteiger partial charge in [0.25, 0.3) is 0 Å². The number of anilines is 1. The molecule has 0 spiro atoms. The molecule has 1 aromatic heterocycles. The maximum absolute atomic E-state index is 12.9. The van der Waals surface area contributed by atoms with Crippen LogP contribution in [0.3, 0.4) is 0 Å². The number of carbonyl (C=O) groups is 1.